The van der Waals surface area contributed by atoms with Gasteiger partial charge in [-0.05, 0) is 57.7 Å². The molecule has 0 atom stereocenters. The number of aromatic amines is 1. The second-order valence-electron chi connectivity index (χ2n) is 8.77. The van der Waals surface area contributed by atoms with Gasteiger partial charge in [-0.2, -0.15) is 8.42 Å². The van der Waals surface area contributed by atoms with Crippen molar-refractivity contribution in [2.45, 2.75) is 32.1 Å². The molecule has 2 aromatic carbocycles. The van der Waals surface area contributed by atoms with Gasteiger partial charge in [0.05, 0.1) is 12.8 Å². The van der Waals surface area contributed by atoms with Gasteiger partial charge < -0.3 is 14.6 Å². The number of unbranched alkanes of at least 4 members (excludes halogenated alkanes) is 3. The van der Waals surface area contributed by atoms with E-state index in [1.165, 1.54) is 0 Å². The van der Waals surface area contributed by atoms with Gasteiger partial charge in [0.2, 0.25) is 0 Å². The molecule has 0 bridgehead atoms. The molecule has 0 amide bonds. The summed E-state index contributed by atoms with van der Waals surface area (Å²) < 4.78 is 35.3. The maximum atomic E-state index is 12.4. The Hall–Kier alpha value is -2.72. The first-order valence-electron chi connectivity index (χ1n) is 12.1. The van der Waals surface area contributed by atoms with Crippen LogP contribution in [-0.2, 0) is 16.6 Å². The van der Waals surface area contributed by atoms with Crippen molar-refractivity contribution in [3.8, 4) is 28.4 Å². The summed E-state index contributed by atoms with van der Waals surface area (Å²) in [6.45, 7) is 1.76. The van der Waals surface area contributed by atoms with Crippen molar-refractivity contribution in [1.29, 1.82) is 0 Å². The Morgan fingerprint density at radius 3 is 2.26 bits per heavy atom. The van der Waals surface area contributed by atoms with Gasteiger partial charge in [-0.3, -0.25) is 0 Å². The van der Waals surface area contributed by atoms with Crippen LogP contribution in [0.3, 0.4) is 0 Å². The van der Waals surface area contributed by atoms with Gasteiger partial charge in [-0.1, -0.05) is 43.2 Å². The van der Waals surface area contributed by atoms with Crippen LogP contribution >= 0.6 is 0 Å². The minimum absolute atomic E-state index is 0.262. The molecule has 0 spiro atoms. The highest BCUT2D eigenvalue weighted by Crippen LogP contribution is 2.27. The molecule has 3 aromatic rings. The van der Waals surface area contributed by atoms with Gasteiger partial charge in [0.25, 0.3) is 10.2 Å². The van der Waals surface area contributed by atoms with Crippen LogP contribution in [0.2, 0.25) is 0 Å². The number of benzene rings is 2. The number of hydrogen-bond acceptors (Lipinski definition) is 5. The molecule has 0 aliphatic carbocycles. The topological polar surface area (TPSA) is 99.3 Å². The second kappa shape index (κ2) is 13.4. The molecule has 1 heterocycles. The number of imidazole rings is 1. The van der Waals surface area contributed by atoms with Gasteiger partial charge in [0, 0.05) is 36.3 Å². The molecule has 190 valence electrons. The summed E-state index contributed by atoms with van der Waals surface area (Å²) in [5, 5.41) is 0. The minimum atomic E-state index is -3.55. The lowest BCUT2D eigenvalue weighted by atomic mass is 10.1. The van der Waals surface area contributed by atoms with Crippen molar-refractivity contribution >= 4 is 10.2 Å². The number of ether oxygens (including phenoxy) is 1. The third-order valence-corrected chi connectivity index (χ3v) is 6.85. The van der Waals surface area contributed by atoms with Gasteiger partial charge in [-0.15, -0.1) is 0 Å². The smallest absolute Gasteiger partial charge is 0.276 e. The van der Waals surface area contributed by atoms with E-state index in [4.69, 9.17) is 9.72 Å². The quantitative estimate of drug-likeness (QED) is 0.276. The number of aromatic nitrogens is 2. The molecule has 0 unspecified atom stereocenters. The fourth-order valence-corrected chi connectivity index (χ4v) is 4.67. The van der Waals surface area contributed by atoms with Crippen LogP contribution in [0.15, 0.2) is 54.6 Å². The summed E-state index contributed by atoms with van der Waals surface area (Å²) in [5.41, 5.74) is 3.59. The summed E-state index contributed by atoms with van der Waals surface area (Å²) in [6, 6.07) is 17.6. The molecular formula is C26H37N5O3S. The summed E-state index contributed by atoms with van der Waals surface area (Å²) >= 11 is 0. The zero-order chi connectivity index (χ0) is 25.1. The predicted molar refractivity (Wildman–Crippen MR) is 142 cm³/mol. The third kappa shape index (κ3) is 8.78. The van der Waals surface area contributed by atoms with E-state index in [1.54, 1.807) is 7.11 Å². The van der Waals surface area contributed by atoms with Crippen molar-refractivity contribution in [2.24, 2.45) is 0 Å². The number of H-pyrrole nitrogens is 1. The molecule has 8 nitrogen and oxygen atoms in total. The van der Waals surface area contributed by atoms with Crippen molar-refractivity contribution in [3.63, 3.8) is 0 Å². The van der Waals surface area contributed by atoms with E-state index in [2.05, 4.69) is 33.4 Å². The Labute approximate surface area is 209 Å². The number of nitrogens with zero attached hydrogens (tertiary/aromatic N) is 2. The molecule has 0 radical (unpaired) electrons. The van der Waals surface area contributed by atoms with Gasteiger partial charge in [0.1, 0.15) is 11.6 Å². The summed E-state index contributed by atoms with van der Waals surface area (Å²) in [7, 11) is 2.21. The number of nitrogens with one attached hydrogen (secondary N) is 3. The zero-order valence-electron chi connectivity index (χ0n) is 20.9. The summed E-state index contributed by atoms with van der Waals surface area (Å²) in [4.78, 5) is 10.4. The van der Waals surface area contributed by atoms with Crippen LogP contribution < -0.4 is 14.2 Å². The third-order valence-electron chi connectivity index (χ3n) is 5.68. The SMILES string of the molecule is COc1ccc(-c2nc(-c3ccccc3)[nH]c2CCNS(=O)(=O)NCCCCCCN(C)C)cc1. The molecule has 0 saturated carbocycles. The molecule has 3 rings (SSSR count). The largest absolute Gasteiger partial charge is 0.497 e. The van der Waals surface area contributed by atoms with Gasteiger partial charge >= 0.3 is 0 Å². The first kappa shape index (κ1) is 26.9. The fourth-order valence-electron chi connectivity index (χ4n) is 3.79. The number of hydrogen-bond donors (Lipinski definition) is 3. The van der Waals surface area contributed by atoms with Crippen LogP contribution in [0.4, 0.5) is 0 Å². The second-order valence-corrected chi connectivity index (χ2v) is 10.4. The highest BCUT2D eigenvalue weighted by atomic mass is 32.2. The molecule has 0 aliphatic heterocycles. The van der Waals surface area contributed by atoms with Crippen LogP contribution in [0.1, 0.15) is 31.4 Å². The highest BCUT2D eigenvalue weighted by molar-refractivity contribution is 7.87. The molecule has 1 aromatic heterocycles. The lowest BCUT2D eigenvalue weighted by Gasteiger charge is -2.10. The number of rotatable bonds is 15. The van der Waals surface area contributed by atoms with Gasteiger partial charge in [-0.25, -0.2) is 14.4 Å². The molecule has 3 N–H and O–H groups in total. The zero-order valence-corrected chi connectivity index (χ0v) is 21.7. The number of methoxy groups -OCH3 is 1. The maximum absolute atomic E-state index is 12.4. The van der Waals surface area contributed by atoms with Crippen LogP contribution in [0.5, 0.6) is 5.75 Å². The average Bonchev–Trinajstić information content (AvgIpc) is 3.28. The van der Waals surface area contributed by atoms with E-state index in [1.807, 2.05) is 54.6 Å². The first-order valence-corrected chi connectivity index (χ1v) is 13.5. The highest BCUT2D eigenvalue weighted by Gasteiger charge is 2.15. The van der Waals surface area contributed by atoms with E-state index >= 15 is 0 Å². The van der Waals surface area contributed by atoms with Crippen molar-refractivity contribution < 1.29 is 13.2 Å². The van der Waals surface area contributed by atoms with E-state index < -0.39 is 10.2 Å². The van der Waals surface area contributed by atoms with E-state index in [9.17, 15) is 8.42 Å². The molecule has 35 heavy (non-hydrogen) atoms. The standard InChI is InChI=1S/C26H37N5O3S/c1-31(2)20-10-5-4-9-18-27-35(32,33)28-19-17-24-25(21-13-15-23(34-3)16-14-21)30-26(29-24)22-11-7-6-8-12-22/h6-8,11-16,27-28H,4-5,9-10,17-20H2,1-3H3,(H,29,30). The van der Waals surface area contributed by atoms with Crippen LogP contribution in [0, 0.1) is 0 Å². The van der Waals surface area contributed by atoms with E-state index in [-0.39, 0.29) is 6.54 Å². The Morgan fingerprint density at radius 1 is 0.886 bits per heavy atom. The Morgan fingerprint density at radius 2 is 1.57 bits per heavy atom. The average molecular weight is 500 g/mol. The maximum Gasteiger partial charge on any atom is 0.276 e. The van der Waals surface area contributed by atoms with Crippen LogP contribution in [0.25, 0.3) is 22.6 Å². The predicted octanol–water partition coefficient (Wildman–Crippen LogP) is 3.84. The van der Waals surface area contributed by atoms with Crippen LogP contribution in [-0.4, -0.2) is 64.1 Å². The monoisotopic (exact) mass is 499 g/mol. The fraction of sp³-hybridized carbons (Fsp3) is 0.423. The summed E-state index contributed by atoms with van der Waals surface area (Å²) in [6.07, 6.45) is 4.55. The molecule has 9 heteroatoms. The Balaban J connectivity index is 1.58. The Kier molecular flexibility index (Phi) is 10.3. The lowest BCUT2D eigenvalue weighted by molar-refractivity contribution is 0.390. The molecular weight excluding hydrogens is 462 g/mol. The summed E-state index contributed by atoms with van der Waals surface area (Å²) in [5.74, 6) is 1.52. The van der Waals surface area contributed by atoms with Crippen molar-refractivity contribution in [2.75, 3.05) is 40.8 Å². The van der Waals surface area contributed by atoms with E-state index in [0.717, 1.165) is 66.3 Å². The lowest BCUT2D eigenvalue weighted by Crippen LogP contribution is -2.38. The molecule has 0 fully saturated rings. The van der Waals surface area contributed by atoms with E-state index in [0.29, 0.717) is 13.0 Å². The molecule has 0 aliphatic rings. The van der Waals surface area contributed by atoms with Crippen molar-refractivity contribution in [1.82, 2.24) is 24.3 Å². The first-order chi connectivity index (χ1) is 16.9. The minimum Gasteiger partial charge on any atom is -0.497 e. The molecule has 0 saturated heterocycles. The van der Waals surface area contributed by atoms with Gasteiger partial charge in [0.15, 0.2) is 0 Å². The normalized spacial score (nSPS) is 11.8. The Bertz CT molecular complexity index is 1130. The van der Waals surface area contributed by atoms with Crippen molar-refractivity contribution in [3.05, 3.63) is 60.3 Å².